The van der Waals surface area contributed by atoms with Crippen molar-refractivity contribution in [2.75, 3.05) is 18.1 Å². The van der Waals surface area contributed by atoms with Gasteiger partial charge in [0.25, 0.3) is 11.8 Å². The summed E-state index contributed by atoms with van der Waals surface area (Å²) >= 11 is 0. The van der Waals surface area contributed by atoms with E-state index in [1.165, 1.54) is 18.2 Å². The number of carbonyl (C=O) groups excluding carboxylic acids is 2. The number of carboxylic acid groups (broad SMARTS) is 1. The Hall–Kier alpha value is -3.35. The minimum absolute atomic E-state index is 0.0548. The standard InChI is InChI=1S/C19H17NO6/c1-3-25-12-6-8-16(26-4-2)15(10-12)20-17(21)13-7-5-11(19(23)24)9-14(13)18(20)22/h5-10H,3-4H2,1-2H3,(H,23,24). The maximum Gasteiger partial charge on any atom is 0.335 e. The first-order chi connectivity index (χ1) is 12.5. The fourth-order valence-corrected chi connectivity index (χ4v) is 2.80. The molecule has 2 aromatic rings. The second-order valence-corrected chi connectivity index (χ2v) is 5.51. The van der Waals surface area contributed by atoms with Crippen LogP contribution in [0.3, 0.4) is 0 Å². The van der Waals surface area contributed by atoms with Crippen LogP contribution in [-0.2, 0) is 0 Å². The van der Waals surface area contributed by atoms with Crippen molar-refractivity contribution in [3.05, 3.63) is 53.1 Å². The average molecular weight is 355 g/mol. The van der Waals surface area contributed by atoms with E-state index in [9.17, 15) is 14.4 Å². The fraction of sp³-hybridized carbons (Fsp3) is 0.211. The summed E-state index contributed by atoms with van der Waals surface area (Å²) < 4.78 is 11.0. The fourth-order valence-electron chi connectivity index (χ4n) is 2.80. The van der Waals surface area contributed by atoms with Gasteiger partial charge in [0.2, 0.25) is 0 Å². The molecule has 26 heavy (non-hydrogen) atoms. The van der Waals surface area contributed by atoms with Gasteiger partial charge >= 0.3 is 5.97 Å². The Morgan fingerprint density at radius 3 is 2.31 bits per heavy atom. The van der Waals surface area contributed by atoms with Gasteiger partial charge in [-0.25, -0.2) is 9.69 Å². The first-order valence-electron chi connectivity index (χ1n) is 8.13. The number of nitrogens with zero attached hydrogens (tertiary/aromatic N) is 1. The Bertz CT molecular complexity index is 905. The van der Waals surface area contributed by atoms with Gasteiger partial charge in [-0.05, 0) is 44.2 Å². The Kier molecular flexibility index (Phi) is 4.62. The molecule has 7 heteroatoms. The minimum Gasteiger partial charge on any atom is -0.494 e. The Morgan fingerprint density at radius 2 is 1.65 bits per heavy atom. The summed E-state index contributed by atoms with van der Waals surface area (Å²) in [5.41, 5.74) is 0.421. The van der Waals surface area contributed by atoms with E-state index in [0.29, 0.717) is 24.7 Å². The van der Waals surface area contributed by atoms with Gasteiger partial charge in [0, 0.05) is 6.07 Å². The molecule has 0 atom stereocenters. The number of aromatic carboxylic acids is 1. The number of ether oxygens (including phenoxy) is 2. The maximum atomic E-state index is 12.8. The van der Waals surface area contributed by atoms with Gasteiger partial charge in [-0.2, -0.15) is 0 Å². The number of hydrogen-bond acceptors (Lipinski definition) is 5. The lowest BCUT2D eigenvalue weighted by Crippen LogP contribution is -2.30. The van der Waals surface area contributed by atoms with Crippen molar-refractivity contribution in [2.45, 2.75) is 13.8 Å². The normalized spacial score (nSPS) is 12.9. The highest BCUT2D eigenvalue weighted by Gasteiger charge is 2.38. The van der Waals surface area contributed by atoms with Gasteiger partial charge in [0.15, 0.2) is 0 Å². The first-order valence-corrected chi connectivity index (χ1v) is 8.13. The molecule has 1 N–H and O–H groups in total. The number of fused-ring (bicyclic) bond motifs is 1. The molecule has 7 nitrogen and oxygen atoms in total. The molecule has 0 fully saturated rings. The quantitative estimate of drug-likeness (QED) is 0.801. The number of benzene rings is 2. The van der Waals surface area contributed by atoms with Crippen LogP contribution < -0.4 is 14.4 Å². The van der Waals surface area contributed by atoms with E-state index in [1.807, 2.05) is 6.92 Å². The van der Waals surface area contributed by atoms with Crippen molar-refractivity contribution < 1.29 is 29.0 Å². The third kappa shape index (κ3) is 2.88. The molecular weight excluding hydrogens is 338 g/mol. The smallest absolute Gasteiger partial charge is 0.335 e. The van der Waals surface area contributed by atoms with Crippen molar-refractivity contribution in [1.29, 1.82) is 0 Å². The van der Waals surface area contributed by atoms with Crippen LogP contribution in [0.5, 0.6) is 11.5 Å². The van der Waals surface area contributed by atoms with E-state index in [0.717, 1.165) is 4.90 Å². The highest BCUT2D eigenvalue weighted by atomic mass is 16.5. The third-order valence-electron chi connectivity index (χ3n) is 3.92. The minimum atomic E-state index is -1.17. The topological polar surface area (TPSA) is 93.1 Å². The van der Waals surface area contributed by atoms with Gasteiger partial charge in [-0.1, -0.05) is 0 Å². The molecule has 0 aliphatic carbocycles. The lowest BCUT2D eigenvalue weighted by atomic mass is 10.1. The first kappa shape index (κ1) is 17.5. The summed E-state index contributed by atoms with van der Waals surface area (Å²) in [6, 6.07) is 8.76. The Balaban J connectivity index is 2.09. The molecule has 0 bridgehead atoms. The molecule has 1 aliphatic rings. The van der Waals surface area contributed by atoms with Gasteiger partial charge in [-0.15, -0.1) is 0 Å². The Labute approximate surface area is 149 Å². The lowest BCUT2D eigenvalue weighted by Gasteiger charge is -2.19. The molecule has 134 valence electrons. The van der Waals surface area contributed by atoms with Crippen LogP contribution in [0.15, 0.2) is 36.4 Å². The van der Waals surface area contributed by atoms with Gasteiger partial charge < -0.3 is 14.6 Å². The molecule has 0 aromatic heterocycles. The van der Waals surface area contributed by atoms with Crippen molar-refractivity contribution >= 4 is 23.5 Å². The van der Waals surface area contributed by atoms with Crippen LogP contribution in [0.2, 0.25) is 0 Å². The molecule has 1 heterocycles. The van der Waals surface area contributed by atoms with Crippen molar-refractivity contribution in [3.63, 3.8) is 0 Å². The molecule has 1 aliphatic heterocycles. The number of rotatable bonds is 6. The van der Waals surface area contributed by atoms with Crippen LogP contribution in [0, 0.1) is 0 Å². The SMILES string of the molecule is CCOc1ccc(OCC)c(N2C(=O)c3ccc(C(=O)O)cc3C2=O)c1. The Morgan fingerprint density at radius 1 is 0.962 bits per heavy atom. The largest absolute Gasteiger partial charge is 0.494 e. The van der Waals surface area contributed by atoms with E-state index in [4.69, 9.17) is 14.6 Å². The van der Waals surface area contributed by atoms with E-state index in [-0.39, 0.29) is 22.4 Å². The van der Waals surface area contributed by atoms with Crippen LogP contribution in [-0.4, -0.2) is 36.1 Å². The zero-order chi connectivity index (χ0) is 18.8. The molecule has 2 aromatic carbocycles. The predicted molar refractivity (Wildman–Crippen MR) is 93.3 cm³/mol. The zero-order valence-electron chi connectivity index (χ0n) is 14.3. The molecule has 0 radical (unpaired) electrons. The second-order valence-electron chi connectivity index (χ2n) is 5.51. The van der Waals surface area contributed by atoms with Crippen LogP contribution >= 0.6 is 0 Å². The summed E-state index contributed by atoms with van der Waals surface area (Å²) in [7, 11) is 0. The number of carbonyl (C=O) groups is 3. The average Bonchev–Trinajstić information content (AvgIpc) is 2.87. The summed E-state index contributed by atoms with van der Waals surface area (Å²) in [5.74, 6) is -1.43. The third-order valence-corrected chi connectivity index (χ3v) is 3.92. The molecule has 0 saturated carbocycles. The summed E-state index contributed by atoms with van der Waals surface area (Å²) in [4.78, 5) is 37.7. The number of anilines is 1. The van der Waals surface area contributed by atoms with Crippen molar-refractivity contribution in [3.8, 4) is 11.5 Å². The highest BCUT2D eigenvalue weighted by molar-refractivity contribution is 6.35. The summed E-state index contributed by atoms with van der Waals surface area (Å²) in [6.45, 7) is 4.40. The number of amides is 2. The maximum absolute atomic E-state index is 12.8. The van der Waals surface area contributed by atoms with E-state index >= 15 is 0 Å². The second kappa shape index (κ2) is 6.87. The molecule has 0 saturated heterocycles. The zero-order valence-corrected chi connectivity index (χ0v) is 14.3. The molecular formula is C19H17NO6. The van der Waals surface area contributed by atoms with E-state index < -0.39 is 17.8 Å². The van der Waals surface area contributed by atoms with Gasteiger partial charge in [0.05, 0.1) is 35.6 Å². The summed E-state index contributed by atoms with van der Waals surface area (Å²) in [5, 5.41) is 9.11. The molecule has 0 spiro atoms. The van der Waals surface area contributed by atoms with E-state index in [2.05, 4.69) is 0 Å². The molecule has 0 unspecified atom stereocenters. The van der Waals surface area contributed by atoms with Gasteiger partial charge in [-0.3, -0.25) is 9.59 Å². The van der Waals surface area contributed by atoms with Crippen molar-refractivity contribution in [1.82, 2.24) is 0 Å². The lowest BCUT2D eigenvalue weighted by molar-refractivity contribution is 0.0696. The molecule has 2 amide bonds. The predicted octanol–water partition coefficient (Wildman–Crippen LogP) is 2.98. The number of imide groups is 1. The van der Waals surface area contributed by atoms with Crippen LogP contribution in [0.4, 0.5) is 5.69 Å². The van der Waals surface area contributed by atoms with E-state index in [1.54, 1.807) is 25.1 Å². The summed E-state index contributed by atoms with van der Waals surface area (Å²) in [6.07, 6.45) is 0. The monoisotopic (exact) mass is 355 g/mol. The number of hydrogen-bond donors (Lipinski definition) is 1. The van der Waals surface area contributed by atoms with Crippen molar-refractivity contribution in [2.24, 2.45) is 0 Å². The molecule has 3 rings (SSSR count). The van der Waals surface area contributed by atoms with Crippen LogP contribution in [0.1, 0.15) is 44.9 Å². The highest BCUT2D eigenvalue weighted by Crippen LogP contribution is 2.37. The van der Waals surface area contributed by atoms with Gasteiger partial charge in [0.1, 0.15) is 11.5 Å². The van der Waals surface area contributed by atoms with Crippen LogP contribution in [0.25, 0.3) is 0 Å². The number of carboxylic acids is 1.